The van der Waals surface area contributed by atoms with Crippen LogP contribution in [0.3, 0.4) is 0 Å². The van der Waals surface area contributed by atoms with Crippen molar-refractivity contribution in [1.82, 2.24) is 5.32 Å². The summed E-state index contributed by atoms with van der Waals surface area (Å²) in [5.74, 6) is -0.613. The zero-order chi connectivity index (χ0) is 11.0. The fourth-order valence-electron chi connectivity index (χ4n) is 1.26. The largest absolute Gasteiger partial charge is 0.353 e. The van der Waals surface area contributed by atoms with Crippen LogP contribution in [-0.2, 0) is 4.79 Å². The molecule has 0 bridgehead atoms. The minimum atomic E-state index is -0.487. The maximum atomic E-state index is 11.4. The van der Waals surface area contributed by atoms with Gasteiger partial charge in [-0.25, -0.2) is 0 Å². The van der Waals surface area contributed by atoms with E-state index in [1.165, 1.54) is 0 Å². The molecule has 0 aromatic heterocycles. The van der Waals surface area contributed by atoms with E-state index >= 15 is 0 Å². The summed E-state index contributed by atoms with van der Waals surface area (Å²) >= 11 is 0. The molecule has 2 atom stereocenters. The topological polar surface area (TPSA) is 52.9 Å². The number of hydrogen-bond donors (Lipinski definition) is 1. The molecule has 0 rings (SSSR count). The van der Waals surface area contributed by atoms with Gasteiger partial charge in [0, 0.05) is 6.04 Å². The summed E-state index contributed by atoms with van der Waals surface area (Å²) in [4.78, 5) is 11.4. The second-order valence-electron chi connectivity index (χ2n) is 3.64. The van der Waals surface area contributed by atoms with Crippen molar-refractivity contribution in [2.45, 2.75) is 52.5 Å². The number of nitriles is 1. The SMILES string of the molecule is CCCCC(C)NC(=O)C(C#N)CC. The average molecular weight is 196 g/mol. The van der Waals surface area contributed by atoms with Gasteiger partial charge in [-0.2, -0.15) is 5.26 Å². The first-order valence-corrected chi connectivity index (χ1v) is 5.35. The summed E-state index contributed by atoms with van der Waals surface area (Å²) in [5, 5.41) is 11.5. The summed E-state index contributed by atoms with van der Waals surface area (Å²) in [6.45, 7) is 5.96. The van der Waals surface area contributed by atoms with Crippen LogP contribution >= 0.6 is 0 Å². The van der Waals surface area contributed by atoms with E-state index in [9.17, 15) is 4.79 Å². The van der Waals surface area contributed by atoms with Crippen LogP contribution in [-0.4, -0.2) is 11.9 Å². The second kappa shape index (κ2) is 7.37. The van der Waals surface area contributed by atoms with Crippen LogP contribution in [0.4, 0.5) is 0 Å². The third kappa shape index (κ3) is 4.86. The van der Waals surface area contributed by atoms with Crippen molar-refractivity contribution >= 4 is 5.91 Å². The van der Waals surface area contributed by atoms with Crippen molar-refractivity contribution in [1.29, 1.82) is 5.26 Å². The van der Waals surface area contributed by atoms with Crippen molar-refractivity contribution < 1.29 is 4.79 Å². The van der Waals surface area contributed by atoms with Gasteiger partial charge in [-0.15, -0.1) is 0 Å². The van der Waals surface area contributed by atoms with E-state index in [0.29, 0.717) is 6.42 Å². The molecule has 3 nitrogen and oxygen atoms in total. The minimum absolute atomic E-state index is 0.126. The minimum Gasteiger partial charge on any atom is -0.353 e. The van der Waals surface area contributed by atoms with E-state index < -0.39 is 5.92 Å². The van der Waals surface area contributed by atoms with E-state index in [0.717, 1.165) is 19.3 Å². The molecule has 0 aliphatic carbocycles. The Morgan fingerprint density at radius 1 is 1.50 bits per heavy atom. The second-order valence-corrected chi connectivity index (χ2v) is 3.64. The van der Waals surface area contributed by atoms with Crippen LogP contribution < -0.4 is 5.32 Å². The van der Waals surface area contributed by atoms with Crippen molar-refractivity contribution in [3.05, 3.63) is 0 Å². The Morgan fingerprint density at radius 3 is 2.57 bits per heavy atom. The maximum Gasteiger partial charge on any atom is 0.237 e. The van der Waals surface area contributed by atoms with Gasteiger partial charge < -0.3 is 5.32 Å². The van der Waals surface area contributed by atoms with Gasteiger partial charge in [-0.1, -0.05) is 26.7 Å². The molecule has 0 saturated carbocycles. The van der Waals surface area contributed by atoms with Crippen LogP contribution in [0, 0.1) is 17.2 Å². The highest BCUT2D eigenvalue weighted by molar-refractivity contribution is 5.81. The summed E-state index contributed by atoms with van der Waals surface area (Å²) in [5.41, 5.74) is 0. The monoisotopic (exact) mass is 196 g/mol. The highest BCUT2D eigenvalue weighted by Gasteiger charge is 2.16. The highest BCUT2D eigenvalue weighted by Crippen LogP contribution is 2.04. The number of rotatable bonds is 6. The van der Waals surface area contributed by atoms with Gasteiger partial charge in [-0.3, -0.25) is 4.79 Å². The zero-order valence-electron chi connectivity index (χ0n) is 9.34. The number of nitrogens with zero attached hydrogens (tertiary/aromatic N) is 1. The predicted octanol–water partition coefficient (Wildman–Crippen LogP) is 2.23. The predicted molar refractivity (Wildman–Crippen MR) is 56.5 cm³/mol. The number of carbonyl (C=O) groups excluding carboxylic acids is 1. The van der Waals surface area contributed by atoms with E-state index in [2.05, 4.69) is 12.2 Å². The Labute approximate surface area is 86.5 Å². The standard InChI is InChI=1S/C11H20N2O/c1-4-6-7-9(3)13-11(14)10(5-2)8-12/h9-10H,4-7H2,1-3H3,(H,13,14). The molecule has 0 aliphatic heterocycles. The lowest BCUT2D eigenvalue weighted by Crippen LogP contribution is -2.36. The molecule has 1 amide bonds. The molecule has 80 valence electrons. The molecule has 0 spiro atoms. The summed E-state index contributed by atoms with van der Waals surface area (Å²) < 4.78 is 0. The van der Waals surface area contributed by atoms with Crippen molar-refractivity contribution in [3.8, 4) is 6.07 Å². The van der Waals surface area contributed by atoms with E-state index in [-0.39, 0.29) is 11.9 Å². The third-order valence-corrected chi connectivity index (χ3v) is 2.26. The number of carbonyl (C=O) groups is 1. The number of nitrogens with one attached hydrogen (secondary N) is 1. The summed E-state index contributed by atoms with van der Waals surface area (Å²) in [7, 11) is 0. The molecule has 0 aliphatic rings. The smallest absolute Gasteiger partial charge is 0.237 e. The fourth-order valence-corrected chi connectivity index (χ4v) is 1.26. The molecule has 1 N–H and O–H groups in total. The van der Waals surface area contributed by atoms with Crippen molar-refractivity contribution in [2.24, 2.45) is 5.92 Å². The first kappa shape index (κ1) is 13.0. The third-order valence-electron chi connectivity index (χ3n) is 2.26. The average Bonchev–Trinajstić information content (AvgIpc) is 2.16. The van der Waals surface area contributed by atoms with Crippen molar-refractivity contribution in [2.75, 3.05) is 0 Å². The molecule has 0 aromatic carbocycles. The maximum absolute atomic E-state index is 11.4. The molecule has 2 unspecified atom stereocenters. The number of hydrogen-bond acceptors (Lipinski definition) is 2. The molecular weight excluding hydrogens is 176 g/mol. The van der Waals surface area contributed by atoms with Crippen LogP contribution in [0.15, 0.2) is 0 Å². The Bertz CT molecular complexity index is 208. The quantitative estimate of drug-likeness (QED) is 0.708. The van der Waals surface area contributed by atoms with Gasteiger partial charge in [0.05, 0.1) is 6.07 Å². The van der Waals surface area contributed by atoms with Crippen LogP contribution in [0.2, 0.25) is 0 Å². The van der Waals surface area contributed by atoms with Gasteiger partial charge in [0.2, 0.25) is 5.91 Å². The van der Waals surface area contributed by atoms with Crippen LogP contribution in [0.5, 0.6) is 0 Å². The number of unbranched alkanes of at least 4 members (excludes halogenated alkanes) is 1. The van der Waals surface area contributed by atoms with Gasteiger partial charge in [0.1, 0.15) is 5.92 Å². The Morgan fingerprint density at radius 2 is 2.14 bits per heavy atom. The Kier molecular flexibility index (Phi) is 6.82. The first-order chi connectivity index (χ1) is 6.65. The molecule has 3 heteroatoms. The molecular formula is C11H20N2O. The number of amides is 1. The van der Waals surface area contributed by atoms with Crippen LogP contribution in [0.25, 0.3) is 0 Å². The lowest BCUT2D eigenvalue weighted by molar-refractivity contribution is -0.124. The van der Waals surface area contributed by atoms with E-state index in [1.807, 2.05) is 19.9 Å². The summed E-state index contributed by atoms with van der Waals surface area (Å²) in [6.07, 6.45) is 3.83. The Hall–Kier alpha value is -1.04. The molecule has 0 radical (unpaired) electrons. The van der Waals surface area contributed by atoms with Gasteiger partial charge in [0.15, 0.2) is 0 Å². The normalized spacial score (nSPS) is 14.1. The van der Waals surface area contributed by atoms with Gasteiger partial charge in [-0.05, 0) is 19.8 Å². The van der Waals surface area contributed by atoms with Gasteiger partial charge in [0.25, 0.3) is 0 Å². The van der Waals surface area contributed by atoms with Crippen molar-refractivity contribution in [3.63, 3.8) is 0 Å². The highest BCUT2D eigenvalue weighted by atomic mass is 16.1. The zero-order valence-corrected chi connectivity index (χ0v) is 9.34. The lowest BCUT2D eigenvalue weighted by atomic mass is 10.1. The first-order valence-electron chi connectivity index (χ1n) is 5.35. The van der Waals surface area contributed by atoms with Gasteiger partial charge >= 0.3 is 0 Å². The molecule has 14 heavy (non-hydrogen) atoms. The summed E-state index contributed by atoms with van der Waals surface area (Å²) in [6, 6.07) is 2.19. The Balaban J connectivity index is 3.87. The molecule has 0 fully saturated rings. The van der Waals surface area contributed by atoms with Crippen LogP contribution in [0.1, 0.15) is 46.5 Å². The fraction of sp³-hybridized carbons (Fsp3) is 0.818. The van der Waals surface area contributed by atoms with E-state index in [4.69, 9.17) is 5.26 Å². The molecule has 0 saturated heterocycles. The molecule has 0 aromatic rings. The van der Waals surface area contributed by atoms with E-state index in [1.54, 1.807) is 0 Å². The lowest BCUT2D eigenvalue weighted by Gasteiger charge is -2.14. The molecule has 0 heterocycles.